The summed E-state index contributed by atoms with van der Waals surface area (Å²) in [6.07, 6.45) is 0. The van der Waals surface area contributed by atoms with Gasteiger partial charge in [-0.3, -0.25) is 4.84 Å². The van der Waals surface area contributed by atoms with E-state index in [9.17, 15) is 5.11 Å². The lowest BCUT2D eigenvalue weighted by Crippen LogP contribution is -2.25. The molecule has 0 radical (unpaired) electrons. The van der Waals surface area contributed by atoms with Gasteiger partial charge in [-0.15, -0.1) is 0 Å². The van der Waals surface area contributed by atoms with Gasteiger partial charge in [-0.05, 0) is 24.6 Å². The van der Waals surface area contributed by atoms with Gasteiger partial charge < -0.3 is 5.11 Å². The first-order valence-electron chi connectivity index (χ1n) is 6.94. The van der Waals surface area contributed by atoms with E-state index in [1.165, 1.54) is 11.1 Å². The van der Waals surface area contributed by atoms with Crippen LogP contribution in [-0.4, -0.2) is 18.3 Å². The molecule has 1 aliphatic rings. The van der Waals surface area contributed by atoms with Crippen molar-refractivity contribution in [2.45, 2.75) is 13.0 Å². The van der Waals surface area contributed by atoms with E-state index in [-0.39, 0.29) is 18.6 Å². The normalized spacial score (nSPS) is 22.2. The van der Waals surface area contributed by atoms with Gasteiger partial charge in [0.05, 0.1) is 24.9 Å². The van der Waals surface area contributed by atoms with E-state index in [1.807, 2.05) is 23.3 Å². The van der Waals surface area contributed by atoms with Crippen LogP contribution in [0.1, 0.15) is 17.2 Å². The van der Waals surface area contributed by atoms with E-state index in [0.717, 1.165) is 5.69 Å². The third-order valence-corrected chi connectivity index (χ3v) is 3.79. The lowest BCUT2D eigenvalue weighted by atomic mass is 9.94. The van der Waals surface area contributed by atoms with Crippen LogP contribution in [0.5, 0.6) is 0 Å². The van der Waals surface area contributed by atoms with E-state index >= 15 is 0 Å². The largest absolute Gasteiger partial charge is 0.396 e. The highest BCUT2D eigenvalue weighted by Gasteiger charge is 2.36. The molecule has 1 heterocycles. The predicted octanol–water partition coefficient (Wildman–Crippen LogP) is 3.10. The Labute approximate surface area is 119 Å². The predicted molar refractivity (Wildman–Crippen MR) is 79.4 cm³/mol. The number of nitrogens with zero attached hydrogens (tertiary/aromatic N) is 1. The van der Waals surface area contributed by atoms with Gasteiger partial charge in [0.25, 0.3) is 0 Å². The van der Waals surface area contributed by atoms with Crippen molar-refractivity contribution in [3.05, 3.63) is 65.7 Å². The molecule has 104 valence electrons. The standard InChI is InChI=1S/C17H19NO2/c1-13-7-9-16(10-8-13)18-17(15(11-19)12-20-18)14-5-3-2-4-6-14/h2-10,15,17,19H,11-12H2,1H3. The molecule has 1 saturated heterocycles. The third-order valence-electron chi connectivity index (χ3n) is 3.79. The molecule has 1 fully saturated rings. The second-order valence-corrected chi connectivity index (χ2v) is 5.26. The second kappa shape index (κ2) is 5.65. The van der Waals surface area contributed by atoms with Crippen LogP contribution in [0.3, 0.4) is 0 Å². The van der Waals surface area contributed by atoms with Gasteiger partial charge in [-0.2, -0.15) is 0 Å². The summed E-state index contributed by atoms with van der Waals surface area (Å²) in [5.74, 6) is 0.0960. The van der Waals surface area contributed by atoms with E-state index in [1.54, 1.807) is 0 Å². The fourth-order valence-corrected chi connectivity index (χ4v) is 2.68. The number of aryl methyl sites for hydroxylation is 1. The molecule has 0 saturated carbocycles. The van der Waals surface area contributed by atoms with Crippen LogP contribution >= 0.6 is 0 Å². The van der Waals surface area contributed by atoms with Gasteiger partial charge in [0.15, 0.2) is 0 Å². The van der Waals surface area contributed by atoms with Crippen LogP contribution in [0, 0.1) is 12.8 Å². The van der Waals surface area contributed by atoms with Gasteiger partial charge in [0, 0.05) is 5.92 Å². The van der Waals surface area contributed by atoms with E-state index in [0.29, 0.717) is 6.61 Å². The highest BCUT2D eigenvalue weighted by atomic mass is 16.7. The Morgan fingerprint density at radius 2 is 1.80 bits per heavy atom. The Hall–Kier alpha value is -1.84. The Morgan fingerprint density at radius 3 is 2.45 bits per heavy atom. The number of hydrogen-bond acceptors (Lipinski definition) is 3. The topological polar surface area (TPSA) is 32.7 Å². The summed E-state index contributed by atoms with van der Waals surface area (Å²) in [4.78, 5) is 5.82. The molecule has 2 aromatic rings. The van der Waals surface area contributed by atoms with Crippen molar-refractivity contribution in [1.82, 2.24) is 0 Å². The minimum absolute atomic E-state index is 0.0592. The summed E-state index contributed by atoms with van der Waals surface area (Å²) < 4.78 is 0. The van der Waals surface area contributed by atoms with Crippen molar-refractivity contribution < 1.29 is 9.94 Å². The average molecular weight is 269 g/mol. The summed E-state index contributed by atoms with van der Waals surface area (Å²) in [5.41, 5.74) is 3.42. The van der Waals surface area contributed by atoms with Crippen molar-refractivity contribution in [2.24, 2.45) is 5.92 Å². The molecule has 1 aliphatic heterocycles. The van der Waals surface area contributed by atoms with Crippen LogP contribution in [-0.2, 0) is 4.84 Å². The lowest BCUT2D eigenvalue weighted by Gasteiger charge is -2.27. The molecule has 0 aromatic heterocycles. The Kier molecular flexibility index (Phi) is 3.72. The summed E-state index contributed by atoms with van der Waals surface area (Å²) >= 11 is 0. The number of anilines is 1. The van der Waals surface area contributed by atoms with Crippen molar-refractivity contribution in [3.63, 3.8) is 0 Å². The van der Waals surface area contributed by atoms with E-state index < -0.39 is 0 Å². The van der Waals surface area contributed by atoms with Gasteiger partial charge >= 0.3 is 0 Å². The molecule has 20 heavy (non-hydrogen) atoms. The minimum Gasteiger partial charge on any atom is -0.396 e. The summed E-state index contributed by atoms with van der Waals surface area (Å²) in [5, 5.41) is 11.5. The maximum atomic E-state index is 9.60. The zero-order valence-corrected chi connectivity index (χ0v) is 11.6. The first kappa shape index (κ1) is 13.2. The summed E-state index contributed by atoms with van der Waals surface area (Å²) in [7, 11) is 0. The molecular weight excluding hydrogens is 250 g/mol. The Bertz CT molecular complexity index is 553. The first-order valence-corrected chi connectivity index (χ1v) is 6.94. The van der Waals surface area contributed by atoms with Crippen LogP contribution in [0.4, 0.5) is 5.69 Å². The molecular formula is C17H19NO2. The molecule has 0 bridgehead atoms. The van der Waals surface area contributed by atoms with Gasteiger partial charge in [-0.1, -0.05) is 48.0 Å². The maximum absolute atomic E-state index is 9.60. The molecule has 3 rings (SSSR count). The second-order valence-electron chi connectivity index (χ2n) is 5.26. The fourth-order valence-electron chi connectivity index (χ4n) is 2.68. The fraction of sp³-hybridized carbons (Fsp3) is 0.294. The number of aliphatic hydroxyl groups excluding tert-OH is 1. The molecule has 3 heteroatoms. The van der Waals surface area contributed by atoms with Crippen LogP contribution in [0.15, 0.2) is 54.6 Å². The van der Waals surface area contributed by atoms with Crippen molar-refractivity contribution in [3.8, 4) is 0 Å². The van der Waals surface area contributed by atoms with Gasteiger partial charge in [0.1, 0.15) is 0 Å². The molecule has 2 atom stereocenters. The van der Waals surface area contributed by atoms with Crippen molar-refractivity contribution in [1.29, 1.82) is 0 Å². The first-order chi connectivity index (χ1) is 9.79. The van der Waals surface area contributed by atoms with E-state index in [2.05, 4.69) is 43.3 Å². The van der Waals surface area contributed by atoms with Crippen LogP contribution in [0.25, 0.3) is 0 Å². The molecule has 2 unspecified atom stereocenters. The average Bonchev–Trinajstić information content (AvgIpc) is 2.93. The zero-order chi connectivity index (χ0) is 13.9. The summed E-state index contributed by atoms with van der Waals surface area (Å²) in [6, 6.07) is 18.6. The highest BCUT2D eigenvalue weighted by molar-refractivity contribution is 5.48. The minimum atomic E-state index is 0.0592. The molecule has 3 nitrogen and oxygen atoms in total. The van der Waals surface area contributed by atoms with Gasteiger partial charge in [0.2, 0.25) is 0 Å². The van der Waals surface area contributed by atoms with Gasteiger partial charge in [-0.25, -0.2) is 5.06 Å². The number of hydrogen-bond donors (Lipinski definition) is 1. The Morgan fingerprint density at radius 1 is 1.10 bits per heavy atom. The quantitative estimate of drug-likeness (QED) is 0.929. The van der Waals surface area contributed by atoms with Crippen LogP contribution in [0.2, 0.25) is 0 Å². The number of benzene rings is 2. The van der Waals surface area contributed by atoms with Crippen molar-refractivity contribution >= 4 is 5.69 Å². The number of hydroxylamine groups is 1. The zero-order valence-electron chi connectivity index (χ0n) is 11.6. The highest BCUT2D eigenvalue weighted by Crippen LogP contribution is 2.38. The smallest absolute Gasteiger partial charge is 0.0888 e. The molecule has 1 N–H and O–H groups in total. The van der Waals surface area contributed by atoms with Crippen LogP contribution < -0.4 is 5.06 Å². The Balaban J connectivity index is 1.95. The summed E-state index contributed by atoms with van der Waals surface area (Å²) in [6.45, 7) is 2.74. The third kappa shape index (κ3) is 2.42. The SMILES string of the molecule is Cc1ccc(N2OCC(CO)C2c2ccccc2)cc1. The number of rotatable bonds is 3. The number of aliphatic hydroxyl groups is 1. The molecule has 0 spiro atoms. The van der Waals surface area contributed by atoms with E-state index in [4.69, 9.17) is 4.84 Å². The monoisotopic (exact) mass is 269 g/mol. The molecule has 0 aliphatic carbocycles. The molecule has 0 amide bonds. The molecule has 2 aromatic carbocycles. The lowest BCUT2D eigenvalue weighted by molar-refractivity contribution is 0.141. The van der Waals surface area contributed by atoms with Crippen molar-refractivity contribution in [2.75, 3.05) is 18.3 Å². The maximum Gasteiger partial charge on any atom is 0.0888 e.